The first-order chi connectivity index (χ1) is 8.25. The second-order valence-electron chi connectivity index (χ2n) is 4.75. The Morgan fingerprint density at radius 2 is 2.06 bits per heavy atom. The Morgan fingerprint density at radius 1 is 1.29 bits per heavy atom. The molecule has 1 fully saturated rings. The molecule has 1 N–H and O–H groups in total. The summed E-state index contributed by atoms with van der Waals surface area (Å²) in [6.45, 7) is 2.68. The third-order valence-corrected chi connectivity index (χ3v) is 3.91. The smallest absolute Gasteiger partial charge is 0.125 e. The average molecular weight is 254 g/mol. The van der Waals surface area contributed by atoms with Gasteiger partial charge in [-0.05, 0) is 44.1 Å². The molecule has 0 saturated carbocycles. The van der Waals surface area contributed by atoms with Gasteiger partial charge in [-0.3, -0.25) is 4.90 Å². The third kappa shape index (κ3) is 2.03. The van der Waals surface area contributed by atoms with E-state index in [0.29, 0.717) is 11.6 Å². The number of fused-ring (bicyclic) bond motifs is 1. The molecule has 0 aliphatic carbocycles. The second-order valence-corrected chi connectivity index (χ2v) is 5.18. The highest BCUT2D eigenvalue weighted by atomic mass is 35.5. The van der Waals surface area contributed by atoms with Crippen molar-refractivity contribution in [2.24, 2.45) is 0 Å². The first kappa shape index (κ1) is 11.3. The molecule has 2 heterocycles. The third-order valence-electron chi connectivity index (χ3n) is 3.67. The molecule has 2 atom stereocenters. The Hall–Kier alpha value is -0.770. The number of ether oxygens (including phenoxy) is 1. The predicted octanol–water partition coefficient (Wildman–Crippen LogP) is 2.23. The van der Waals surface area contributed by atoms with Gasteiger partial charge in [0, 0.05) is 10.6 Å². The Labute approximate surface area is 106 Å². The van der Waals surface area contributed by atoms with Gasteiger partial charge in [0.15, 0.2) is 0 Å². The maximum absolute atomic E-state index is 10.4. The molecular weight excluding hydrogens is 238 g/mol. The summed E-state index contributed by atoms with van der Waals surface area (Å²) in [6, 6.07) is 5.51. The molecule has 0 amide bonds. The summed E-state index contributed by atoms with van der Waals surface area (Å²) < 4.78 is 5.71. The van der Waals surface area contributed by atoms with E-state index < -0.39 is 6.10 Å². The summed E-state index contributed by atoms with van der Waals surface area (Å²) in [5.41, 5.74) is 0.820. The van der Waals surface area contributed by atoms with Crippen LogP contribution in [-0.4, -0.2) is 35.7 Å². The lowest BCUT2D eigenvalue weighted by molar-refractivity contribution is 0.0140. The van der Waals surface area contributed by atoms with Crippen LogP contribution in [0, 0.1) is 0 Å². The van der Waals surface area contributed by atoms with E-state index in [1.165, 1.54) is 12.8 Å². The van der Waals surface area contributed by atoms with Crippen LogP contribution in [-0.2, 0) is 0 Å². The maximum atomic E-state index is 10.4. The van der Waals surface area contributed by atoms with Gasteiger partial charge in [0.2, 0.25) is 0 Å². The average Bonchev–Trinajstić information content (AvgIpc) is 2.84. The zero-order chi connectivity index (χ0) is 11.8. The Morgan fingerprint density at radius 3 is 2.82 bits per heavy atom. The lowest BCUT2D eigenvalue weighted by atomic mass is 9.98. The van der Waals surface area contributed by atoms with Crippen LogP contribution in [0.25, 0.3) is 0 Å². The van der Waals surface area contributed by atoms with Crippen LogP contribution in [0.15, 0.2) is 18.2 Å². The first-order valence-electron chi connectivity index (χ1n) is 6.10. The summed E-state index contributed by atoms with van der Waals surface area (Å²) in [7, 11) is 0. The minimum atomic E-state index is -0.490. The van der Waals surface area contributed by atoms with Crippen LogP contribution >= 0.6 is 11.6 Å². The van der Waals surface area contributed by atoms with E-state index in [-0.39, 0.29) is 6.04 Å². The SMILES string of the molecule is OC1c2cc(Cl)ccc2OCC1N1CCCC1. The second kappa shape index (κ2) is 4.48. The van der Waals surface area contributed by atoms with E-state index in [9.17, 15) is 5.11 Å². The summed E-state index contributed by atoms with van der Waals surface area (Å²) in [5, 5.41) is 11.1. The van der Waals surface area contributed by atoms with E-state index >= 15 is 0 Å². The summed E-state index contributed by atoms with van der Waals surface area (Å²) >= 11 is 5.97. The highest BCUT2D eigenvalue weighted by Crippen LogP contribution is 2.36. The number of hydrogen-bond donors (Lipinski definition) is 1. The summed E-state index contributed by atoms with van der Waals surface area (Å²) in [4.78, 5) is 2.31. The van der Waals surface area contributed by atoms with Gasteiger partial charge in [0.05, 0.1) is 6.04 Å². The van der Waals surface area contributed by atoms with Crippen molar-refractivity contribution >= 4 is 11.6 Å². The van der Waals surface area contributed by atoms with Crippen LogP contribution in [0.5, 0.6) is 5.75 Å². The summed E-state index contributed by atoms with van der Waals surface area (Å²) in [5.74, 6) is 0.761. The zero-order valence-corrected chi connectivity index (χ0v) is 10.4. The Kier molecular flexibility index (Phi) is 2.99. The molecule has 1 saturated heterocycles. The van der Waals surface area contributed by atoms with Crippen molar-refractivity contribution in [2.75, 3.05) is 19.7 Å². The van der Waals surface area contributed by atoms with Crippen LogP contribution in [0.2, 0.25) is 5.02 Å². The van der Waals surface area contributed by atoms with E-state index in [1.54, 1.807) is 6.07 Å². The number of halogens is 1. The highest BCUT2D eigenvalue weighted by Gasteiger charge is 2.34. The van der Waals surface area contributed by atoms with Crippen molar-refractivity contribution in [1.82, 2.24) is 4.90 Å². The fourth-order valence-corrected chi connectivity index (χ4v) is 2.91. The van der Waals surface area contributed by atoms with Gasteiger partial charge in [-0.25, -0.2) is 0 Å². The number of rotatable bonds is 1. The fourth-order valence-electron chi connectivity index (χ4n) is 2.73. The summed E-state index contributed by atoms with van der Waals surface area (Å²) in [6.07, 6.45) is 1.94. The standard InChI is InChI=1S/C13H16ClNO2/c14-9-3-4-12-10(7-9)13(16)11(8-17-12)15-5-1-2-6-15/h3-4,7,11,13,16H,1-2,5-6,8H2. The van der Waals surface area contributed by atoms with Crippen molar-refractivity contribution < 1.29 is 9.84 Å². The molecule has 3 rings (SSSR count). The Bertz CT molecular complexity index is 418. The molecule has 92 valence electrons. The molecular formula is C13H16ClNO2. The zero-order valence-electron chi connectivity index (χ0n) is 9.60. The van der Waals surface area contributed by atoms with Gasteiger partial charge in [0.25, 0.3) is 0 Å². The van der Waals surface area contributed by atoms with Gasteiger partial charge >= 0.3 is 0 Å². The van der Waals surface area contributed by atoms with Gasteiger partial charge in [0.1, 0.15) is 18.5 Å². The molecule has 0 spiro atoms. The monoisotopic (exact) mass is 253 g/mol. The van der Waals surface area contributed by atoms with Crippen LogP contribution in [0.1, 0.15) is 24.5 Å². The molecule has 1 aromatic rings. The van der Waals surface area contributed by atoms with E-state index in [4.69, 9.17) is 16.3 Å². The number of hydrogen-bond acceptors (Lipinski definition) is 3. The minimum Gasteiger partial charge on any atom is -0.491 e. The predicted molar refractivity (Wildman–Crippen MR) is 66.5 cm³/mol. The molecule has 0 aromatic heterocycles. The van der Waals surface area contributed by atoms with Crippen LogP contribution < -0.4 is 4.74 Å². The molecule has 2 aliphatic rings. The van der Waals surface area contributed by atoms with Crippen molar-refractivity contribution in [3.05, 3.63) is 28.8 Å². The fraction of sp³-hybridized carbons (Fsp3) is 0.538. The van der Waals surface area contributed by atoms with Crippen molar-refractivity contribution in [1.29, 1.82) is 0 Å². The number of nitrogens with zero attached hydrogens (tertiary/aromatic N) is 1. The number of aliphatic hydroxyl groups is 1. The molecule has 0 bridgehead atoms. The number of aliphatic hydroxyl groups excluding tert-OH is 1. The first-order valence-corrected chi connectivity index (χ1v) is 6.48. The number of benzene rings is 1. The van der Waals surface area contributed by atoms with Crippen LogP contribution in [0.3, 0.4) is 0 Å². The van der Waals surface area contributed by atoms with Gasteiger partial charge in [-0.2, -0.15) is 0 Å². The van der Waals surface area contributed by atoms with E-state index in [2.05, 4.69) is 4.90 Å². The quantitative estimate of drug-likeness (QED) is 0.833. The van der Waals surface area contributed by atoms with E-state index in [1.807, 2.05) is 12.1 Å². The molecule has 17 heavy (non-hydrogen) atoms. The molecule has 2 aliphatic heterocycles. The largest absolute Gasteiger partial charge is 0.491 e. The highest BCUT2D eigenvalue weighted by molar-refractivity contribution is 6.30. The topological polar surface area (TPSA) is 32.7 Å². The van der Waals surface area contributed by atoms with Crippen molar-refractivity contribution in [2.45, 2.75) is 25.0 Å². The number of likely N-dealkylation sites (tertiary alicyclic amines) is 1. The molecule has 0 radical (unpaired) electrons. The van der Waals surface area contributed by atoms with Crippen LogP contribution in [0.4, 0.5) is 0 Å². The molecule has 2 unspecified atom stereocenters. The lowest BCUT2D eigenvalue weighted by Gasteiger charge is -2.36. The van der Waals surface area contributed by atoms with E-state index in [0.717, 1.165) is 24.4 Å². The minimum absolute atomic E-state index is 0.0727. The molecule has 4 heteroatoms. The lowest BCUT2D eigenvalue weighted by Crippen LogP contribution is -2.44. The molecule has 3 nitrogen and oxygen atoms in total. The van der Waals surface area contributed by atoms with Gasteiger partial charge in [-0.15, -0.1) is 0 Å². The normalized spacial score (nSPS) is 28.8. The Balaban J connectivity index is 1.88. The van der Waals surface area contributed by atoms with Gasteiger partial charge in [-0.1, -0.05) is 11.6 Å². The van der Waals surface area contributed by atoms with Gasteiger partial charge < -0.3 is 9.84 Å². The molecule has 1 aromatic carbocycles. The van der Waals surface area contributed by atoms with Crippen molar-refractivity contribution in [3.63, 3.8) is 0 Å². The maximum Gasteiger partial charge on any atom is 0.125 e. The van der Waals surface area contributed by atoms with Crippen molar-refractivity contribution in [3.8, 4) is 5.75 Å².